The highest BCUT2D eigenvalue weighted by atomic mass is 35.5. The highest BCUT2D eigenvalue weighted by Gasteiger charge is 2.14. The second kappa shape index (κ2) is 6.18. The van der Waals surface area contributed by atoms with E-state index in [9.17, 15) is 0 Å². The second-order valence-electron chi connectivity index (χ2n) is 5.00. The van der Waals surface area contributed by atoms with E-state index in [1.807, 2.05) is 19.1 Å². The Kier molecular flexibility index (Phi) is 4.53. The van der Waals surface area contributed by atoms with Crippen molar-refractivity contribution in [3.8, 4) is 17.5 Å². The van der Waals surface area contributed by atoms with Gasteiger partial charge in [0.05, 0.1) is 7.11 Å². The molecule has 0 atom stereocenters. The molecule has 0 bridgehead atoms. The second-order valence-corrected chi connectivity index (χ2v) is 5.40. The summed E-state index contributed by atoms with van der Waals surface area (Å²) in [7, 11) is 1.49. The molecule has 21 heavy (non-hydrogen) atoms. The summed E-state index contributed by atoms with van der Waals surface area (Å²) in [6, 6.07) is 3.79. The summed E-state index contributed by atoms with van der Waals surface area (Å²) >= 11 is 6.25. The third-order valence-corrected chi connectivity index (χ3v) is 3.45. The van der Waals surface area contributed by atoms with Crippen LogP contribution in [0.3, 0.4) is 0 Å². The zero-order chi connectivity index (χ0) is 15.6. The van der Waals surface area contributed by atoms with Crippen molar-refractivity contribution in [1.82, 2.24) is 9.97 Å². The molecule has 0 spiro atoms. The predicted octanol–water partition coefficient (Wildman–Crippen LogP) is 3.94. The van der Waals surface area contributed by atoms with Gasteiger partial charge in [-0.2, -0.15) is 9.97 Å². The Hall–Kier alpha value is -2.01. The lowest BCUT2D eigenvalue weighted by molar-refractivity contribution is 0.391. The number of hydrogen-bond donors (Lipinski definition) is 1. The van der Waals surface area contributed by atoms with Crippen LogP contribution < -0.4 is 15.2 Å². The zero-order valence-electron chi connectivity index (χ0n) is 12.5. The van der Waals surface area contributed by atoms with Crippen LogP contribution in [0.2, 0.25) is 5.02 Å². The average Bonchev–Trinajstić information content (AvgIpc) is 2.43. The number of benzene rings is 1. The molecule has 0 unspecified atom stereocenters. The van der Waals surface area contributed by atoms with Gasteiger partial charge in [0.2, 0.25) is 11.8 Å². The fourth-order valence-corrected chi connectivity index (χ4v) is 2.37. The molecule has 2 rings (SSSR count). The van der Waals surface area contributed by atoms with Gasteiger partial charge in [-0.1, -0.05) is 25.4 Å². The van der Waals surface area contributed by atoms with E-state index in [2.05, 4.69) is 23.8 Å². The first kappa shape index (κ1) is 15.4. The van der Waals surface area contributed by atoms with Gasteiger partial charge in [0.15, 0.2) is 5.69 Å². The van der Waals surface area contributed by atoms with Crippen molar-refractivity contribution in [2.75, 3.05) is 12.8 Å². The number of aromatic nitrogens is 2. The van der Waals surface area contributed by atoms with Crippen molar-refractivity contribution < 1.29 is 9.47 Å². The van der Waals surface area contributed by atoms with E-state index < -0.39 is 0 Å². The van der Waals surface area contributed by atoms with Crippen LogP contribution in [0.25, 0.3) is 0 Å². The van der Waals surface area contributed by atoms with E-state index in [1.54, 1.807) is 0 Å². The Morgan fingerprint density at radius 2 is 1.86 bits per heavy atom. The van der Waals surface area contributed by atoms with E-state index in [4.69, 9.17) is 26.8 Å². The Morgan fingerprint density at radius 1 is 1.19 bits per heavy atom. The fraction of sp³-hybridized carbons (Fsp3) is 0.333. The number of nitrogen functional groups attached to an aromatic ring is 1. The normalized spacial score (nSPS) is 10.8. The van der Waals surface area contributed by atoms with E-state index in [1.165, 1.54) is 13.4 Å². The maximum atomic E-state index is 6.25. The number of rotatable bonds is 4. The van der Waals surface area contributed by atoms with Gasteiger partial charge in [-0.3, -0.25) is 0 Å². The molecule has 2 N–H and O–H groups in total. The topological polar surface area (TPSA) is 70.3 Å². The molecule has 0 aliphatic rings. The monoisotopic (exact) mass is 307 g/mol. The molecular weight excluding hydrogens is 290 g/mol. The van der Waals surface area contributed by atoms with Gasteiger partial charge in [-0.15, -0.1) is 0 Å². The SMILES string of the molecule is COc1ncnc(Oc2cc(C(C)C)c(Cl)cc2C)c1N. The third-order valence-electron chi connectivity index (χ3n) is 3.13. The quantitative estimate of drug-likeness (QED) is 0.926. The number of nitrogens with zero attached hydrogens (tertiary/aromatic N) is 2. The van der Waals surface area contributed by atoms with Gasteiger partial charge in [-0.25, -0.2) is 0 Å². The molecule has 0 amide bonds. The molecule has 0 fully saturated rings. The highest BCUT2D eigenvalue weighted by Crippen LogP contribution is 2.36. The minimum absolute atomic E-state index is 0.264. The van der Waals surface area contributed by atoms with Crippen molar-refractivity contribution >= 4 is 17.3 Å². The molecule has 0 aliphatic carbocycles. The minimum atomic E-state index is 0.264. The summed E-state index contributed by atoms with van der Waals surface area (Å²) in [6.07, 6.45) is 1.35. The van der Waals surface area contributed by atoms with Crippen LogP contribution in [-0.4, -0.2) is 17.1 Å². The number of anilines is 1. The lowest BCUT2D eigenvalue weighted by atomic mass is 10.0. The molecule has 0 saturated carbocycles. The molecule has 0 saturated heterocycles. The van der Waals surface area contributed by atoms with Crippen LogP contribution in [-0.2, 0) is 0 Å². The summed E-state index contributed by atoms with van der Waals surface area (Å²) in [6.45, 7) is 6.06. The van der Waals surface area contributed by atoms with Crippen molar-refractivity contribution in [2.24, 2.45) is 0 Å². The molecule has 0 aliphatic heterocycles. The first-order valence-corrected chi connectivity index (χ1v) is 6.94. The minimum Gasteiger partial charge on any atom is -0.479 e. The zero-order valence-corrected chi connectivity index (χ0v) is 13.2. The third kappa shape index (κ3) is 3.19. The lowest BCUT2D eigenvalue weighted by Gasteiger charge is -2.15. The Labute approximate surface area is 129 Å². The molecule has 5 nitrogen and oxygen atoms in total. The van der Waals surface area contributed by atoms with E-state index in [0.717, 1.165) is 16.1 Å². The van der Waals surface area contributed by atoms with Crippen LogP contribution in [0, 0.1) is 6.92 Å². The van der Waals surface area contributed by atoms with Gasteiger partial charge in [-0.05, 0) is 36.1 Å². The number of methoxy groups -OCH3 is 1. The Balaban J connectivity index is 2.42. The van der Waals surface area contributed by atoms with E-state index >= 15 is 0 Å². The van der Waals surface area contributed by atoms with Crippen LogP contribution in [0.4, 0.5) is 5.69 Å². The van der Waals surface area contributed by atoms with Gasteiger partial charge in [0.1, 0.15) is 12.1 Å². The van der Waals surface area contributed by atoms with Crippen molar-refractivity contribution in [3.63, 3.8) is 0 Å². The number of aryl methyl sites for hydroxylation is 1. The van der Waals surface area contributed by atoms with Gasteiger partial charge in [0, 0.05) is 5.02 Å². The lowest BCUT2D eigenvalue weighted by Crippen LogP contribution is -2.01. The number of ether oxygens (including phenoxy) is 2. The highest BCUT2D eigenvalue weighted by molar-refractivity contribution is 6.31. The molecule has 2 aromatic rings. The maximum absolute atomic E-state index is 6.25. The smallest absolute Gasteiger partial charge is 0.249 e. The summed E-state index contributed by atoms with van der Waals surface area (Å²) in [5, 5.41) is 0.725. The summed E-state index contributed by atoms with van der Waals surface area (Å²) in [4.78, 5) is 7.97. The summed E-state index contributed by atoms with van der Waals surface area (Å²) < 4.78 is 10.9. The Morgan fingerprint density at radius 3 is 2.48 bits per heavy atom. The van der Waals surface area contributed by atoms with Crippen molar-refractivity contribution in [1.29, 1.82) is 0 Å². The number of halogens is 1. The van der Waals surface area contributed by atoms with Gasteiger partial charge in [0.25, 0.3) is 0 Å². The number of nitrogens with two attached hydrogens (primary N) is 1. The molecule has 1 aromatic carbocycles. The first-order chi connectivity index (χ1) is 9.93. The van der Waals surface area contributed by atoms with E-state index in [-0.39, 0.29) is 23.4 Å². The molecule has 0 radical (unpaired) electrons. The molecule has 1 aromatic heterocycles. The summed E-state index contributed by atoms with van der Waals surface area (Å²) in [5.74, 6) is 1.51. The standard InChI is InChI=1S/C15H18ClN3O2/c1-8(2)10-6-12(9(3)5-11(10)16)21-15-13(17)14(20-4)18-7-19-15/h5-8H,17H2,1-4H3. The Bertz CT molecular complexity index is 660. The van der Waals surface area contributed by atoms with Gasteiger partial charge < -0.3 is 15.2 Å². The van der Waals surface area contributed by atoms with Gasteiger partial charge >= 0.3 is 0 Å². The largest absolute Gasteiger partial charge is 0.479 e. The molecule has 112 valence electrons. The van der Waals surface area contributed by atoms with Crippen LogP contribution in [0.1, 0.15) is 30.9 Å². The van der Waals surface area contributed by atoms with Crippen LogP contribution in [0.15, 0.2) is 18.5 Å². The molecule has 6 heteroatoms. The molecule has 1 heterocycles. The van der Waals surface area contributed by atoms with Crippen molar-refractivity contribution in [3.05, 3.63) is 34.6 Å². The number of hydrogen-bond acceptors (Lipinski definition) is 5. The maximum Gasteiger partial charge on any atom is 0.249 e. The average molecular weight is 308 g/mol. The summed E-state index contributed by atoms with van der Waals surface area (Å²) in [5.41, 5.74) is 8.10. The van der Waals surface area contributed by atoms with Crippen molar-refractivity contribution in [2.45, 2.75) is 26.7 Å². The first-order valence-electron chi connectivity index (χ1n) is 6.56. The fourth-order valence-electron chi connectivity index (χ4n) is 1.93. The van der Waals surface area contributed by atoms with E-state index in [0.29, 0.717) is 5.75 Å². The predicted molar refractivity (Wildman–Crippen MR) is 83.3 cm³/mol. The molecular formula is C15H18ClN3O2. The van der Waals surface area contributed by atoms with Crippen LogP contribution >= 0.6 is 11.6 Å². The van der Waals surface area contributed by atoms with Crippen LogP contribution in [0.5, 0.6) is 17.5 Å².